The van der Waals surface area contributed by atoms with Crippen LogP contribution >= 0.6 is 0 Å². The molecule has 20 heavy (non-hydrogen) atoms. The van der Waals surface area contributed by atoms with E-state index in [1.54, 1.807) is 0 Å². The monoisotopic (exact) mass is 269 g/mol. The molecule has 3 nitrogen and oxygen atoms in total. The van der Waals surface area contributed by atoms with Crippen molar-refractivity contribution in [2.24, 2.45) is 0 Å². The zero-order valence-electron chi connectivity index (χ0n) is 13.0. The highest BCUT2D eigenvalue weighted by Crippen LogP contribution is 2.27. The Hall–Kier alpha value is -1.90. The first-order chi connectivity index (χ1) is 9.52. The third kappa shape index (κ3) is 2.98. The van der Waals surface area contributed by atoms with Crippen molar-refractivity contribution in [1.29, 1.82) is 0 Å². The molecule has 0 aliphatic rings. The topological polar surface area (TPSA) is 37.8 Å². The molecule has 1 aromatic heterocycles. The highest BCUT2D eigenvalue weighted by Gasteiger charge is 2.11. The molecule has 1 N–H and O–H groups in total. The molecule has 0 bridgehead atoms. The lowest BCUT2D eigenvalue weighted by Gasteiger charge is -2.13. The maximum Gasteiger partial charge on any atom is 0.151 e. The van der Waals surface area contributed by atoms with Crippen molar-refractivity contribution < 1.29 is 0 Å². The molecular formula is C17H23N3. The van der Waals surface area contributed by atoms with Crippen LogP contribution in [-0.4, -0.2) is 16.7 Å². The number of nitrogens with one attached hydrogen (secondary N) is 1. The van der Waals surface area contributed by atoms with Crippen LogP contribution in [0.15, 0.2) is 18.2 Å². The molecule has 106 valence electrons. The van der Waals surface area contributed by atoms with Crippen LogP contribution in [0, 0.1) is 27.7 Å². The first-order valence-corrected chi connectivity index (χ1v) is 7.19. The third-order valence-electron chi connectivity index (χ3n) is 3.56. The van der Waals surface area contributed by atoms with Crippen molar-refractivity contribution in [2.75, 3.05) is 11.9 Å². The van der Waals surface area contributed by atoms with Gasteiger partial charge < -0.3 is 5.32 Å². The van der Waals surface area contributed by atoms with Gasteiger partial charge in [0.25, 0.3) is 0 Å². The summed E-state index contributed by atoms with van der Waals surface area (Å²) in [5.74, 6) is 0.900. The Morgan fingerprint density at radius 2 is 1.55 bits per heavy atom. The fourth-order valence-electron chi connectivity index (χ4n) is 2.40. The van der Waals surface area contributed by atoms with Gasteiger partial charge in [0.1, 0.15) is 0 Å². The van der Waals surface area contributed by atoms with Crippen LogP contribution < -0.4 is 5.32 Å². The fourth-order valence-corrected chi connectivity index (χ4v) is 2.40. The number of aromatic nitrogens is 2. The zero-order valence-corrected chi connectivity index (χ0v) is 13.0. The Morgan fingerprint density at radius 3 is 2.15 bits per heavy atom. The van der Waals surface area contributed by atoms with Gasteiger partial charge in [0.2, 0.25) is 0 Å². The second-order valence-corrected chi connectivity index (χ2v) is 5.45. The molecule has 2 aromatic rings. The van der Waals surface area contributed by atoms with Crippen LogP contribution in [0.1, 0.15) is 35.6 Å². The van der Waals surface area contributed by atoms with Crippen LogP contribution in [0.4, 0.5) is 5.82 Å². The van der Waals surface area contributed by atoms with E-state index in [0.717, 1.165) is 30.0 Å². The Balaban J connectivity index is 2.45. The summed E-state index contributed by atoms with van der Waals surface area (Å²) < 4.78 is 0. The minimum atomic E-state index is 0.900. The summed E-state index contributed by atoms with van der Waals surface area (Å²) in [6, 6.07) is 6.52. The number of rotatable bonds is 4. The van der Waals surface area contributed by atoms with Crippen molar-refractivity contribution >= 4 is 5.82 Å². The summed E-state index contributed by atoms with van der Waals surface area (Å²) >= 11 is 0. The van der Waals surface area contributed by atoms with E-state index in [9.17, 15) is 0 Å². The summed E-state index contributed by atoms with van der Waals surface area (Å²) in [6.07, 6.45) is 1.08. The van der Waals surface area contributed by atoms with Crippen LogP contribution in [-0.2, 0) is 0 Å². The van der Waals surface area contributed by atoms with Crippen LogP contribution in [0.3, 0.4) is 0 Å². The van der Waals surface area contributed by atoms with Crippen molar-refractivity contribution in [3.8, 4) is 11.3 Å². The predicted octanol–water partition coefficient (Wildman–Crippen LogP) is 4.20. The number of nitrogens with zero attached hydrogens (tertiary/aromatic N) is 2. The lowest BCUT2D eigenvalue weighted by atomic mass is 10.00. The lowest BCUT2D eigenvalue weighted by Crippen LogP contribution is -2.07. The predicted molar refractivity (Wildman–Crippen MR) is 85.2 cm³/mol. The first-order valence-electron chi connectivity index (χ1n) is 7.19. The van der Waals surface area contributed by atoms with E-state index in [4.69, 9.17) is 0 Å². The molecule has 0 aliphatic heterocycles. The molecule has 1 heterocycles. The highest BCUT2D eigenvalue weighted by molar-refractivity contribution is 5.67. The molecule has 2 rings (SSSR count). The van der Waals surface area contributed by atoms with Crippen molar-refractivity contribution in [2.45, 2.75) is 41.0 Å². The molecule has 1 aromatic carbocycles. The maximum atomic E-state index is 4.43. The summed E-state index contributed by atoms with van der Waals surface area (Å²) in [5, 5.41) is 12.1. The Labute approximate surface area is 121 Å². The molecule has 0 fully saturated rings. The van der Waals surface area contributed by atoms with Crippen LogP contribution in [0.25, 0.3) is 11.3 Å². The molecule has 0 saturated heterocycles. The SMILES string of the molecule is CCCNc1nnc(-c2cc(C)cc(C)c2)c(C)c1C. The second-order valence-electron chi connectivity index (χ2n) is 5.45. The smallest absolute Gasteiger partial charge is 0.151 e. The maximum absolute atomic E-state index is 4.43. The molecule has 0 amide bonds. The van der Waals surface area contributed by atoms with E-state index in [0.29, 0.717) is 0 Å². The molecule has 0 saturated carbocycles. The summed E-state index contributed by atoms with van der Waals surface area (Å²) in [7, 11) is 0. The van der Waals surface area contributed by atoms with Crippen molar-refractivity contribution in [3.05, 3.63) is 40.5 Å². The van der Waals surface area contributed by atoms with Gasteiger partial charge >= 0.3 is 0 Å². The molecule has 0 aliphatic carbocycles. The minimum absolute atomic E-state index is 0.900. The molecule has 0 radical (unpaired) electrons. The molecular weight excluding hydrogens is 246 g/mol. The standard InChI is InChI=1S/C17H23N3/c1-6-7-18-17-14(5)13(4)16(19-20-17)15-9-11(2)8-12(3)10-15/h8-10H,6-7H2,1-5H3,(H,18,20). The largest absolute Gasteiger partial charge is 0.368 e. The molecule has 0 atom stereocenters. The zero-order chi connectivity index (χ0) is 14.7. The number of hydrogen-bond acceptors (Lipinski definition) is 3. The van der Waals surface area contributed by atoms with Crippen molar-refractivity contribution in [3.63, 3.8) is 0 Å². The van der Waals surface area contributed by atoms with Gasteiger partial charge in [0, 0.05) is 12.1 Å². The third-order valence-corrected chi connectivity index (χ3v) is 3.56. The summed E-state index contributed by atoms with van der Waals surface area (Å²) in [5.41, 5.74) is 7.03. The van der Waals surface area contributed by atoms with Crippen LogP contribution in [0.5, 0.6) is 0 Å². The summed E-state index contributed by atoms with van der Waals surface area (Å²) in [6.45, 7) is 11.5. The normalized spacial score (nSPS) is 10.7. The van der Waals surface area contributed by atoms with Gasteiger partial charge in [-0.1, -0.05) is 24.1 Å². The van der Waals surface area contributed by atoms with Gasteiger partial charge in [-0.25, -0.2) is 0 Å². The second kappa shape index (κ2) is 6.04. The number of aryl methyl sites for hydroxylation is 2. The lowest BCUT2D eigenvalue weighted by molar-refractivity contribution is 0.932. The minimum Gasteiger partial charge on any atom is -0.368 e. The van der Waals surface area contributed by atoms with E-state index >= 15 is 0 Å². The van der Waals surface area contributed by atoms with Crippen molar-refractivity contribution in [1.82, 2.24) is 10.2 Å². The quantitative estimate of drug-likeness (QED) is 0.904. The van der Waals surface area contributed by atoms with E-state index in [1.165, 1.54) is 22.3 Å². The number of anilines is 1. The molecule has 0 unspecified atom stereocenters. The Kier molecular flexibility index (Phi) is 4.38. The van der Waals surface area contributed by atoms with Gasteiger partial charge in [0.15, 0.2) is 5.82 Å². The summed E-state index contributed by atoms with van der Waals surface area (Å²) in [4.78, 5) is 0. The van der Waals surface area contributed by atoms with Crippen LogP contribution in [0.2, 0.25) is 0 Å². The fraction of sp³-hybridized carbons (Fsp3) is 0.412. The van der Waals surface area contributed by atoms with E-state index in [-0.39, 0.29) is 0 Å². The Bertz CT molecular complexity index is 598. The van der Waals surface area contributed by atoms with Gasteiger partial charge in [-0.05, 0) is 57.4 Å². The molecule has 3 heteroatoms. The highest BCUT2D eigenvalue weighted by atomic mass is 15.2. The van der Waals surface area contributed by atoms with E-state index < -0.39 is 0 Å². The Morgan fingerprint density at radius 1 is 0.900 bits per heavy atom. The average Bonchev–Trinajstić information content (AvgIpc) is 2.39. The molecule has 0 spiro atoms. The van der Waals surface area contributed by atoms with E-state index in [2.05, 4.69) is 68.3 Å². The average molecular weight is 269 g/mol. The first kappa shape index (κ1) is 14.5. The van der Waals surface area contributed by atoms with E-state index in [1.807, 2.05) is 0 Å². The van der Waals surface area contributed by atoms with Gasteiger partial charge in [-0.2, -0.15) is 0 Å². The van der Waals surface area contributed by atoms with Gasteiger partial charge in [-0.15, -0.1) is 10.2 Å². The van der Waals surface area contributed by atoms with Gasteiger partial charge in [0.05, 0.1) is 5.69 Å². The van der Waals surface area contributed by atoms with Gasteiger partial charge in [-0.3, -0.25) is 0 Å². The number of benzene rings is 1. The number of hydrogen-bond donors (Lipinski definition) is 1.